The highest BCUT2D eigenvalue weighted by atomic mass is 14.6. The highest BCUT2D eigenvalue weighted by Gasteiger charge is 1.78. The summed E-state index contributed by atoms with van der Waals surface area (Å²) in [6.45, 7) is 0. The highest BCUT2D eigenvalue weighted by molar-refractivity contribution is 6.44. The van der Waals surface area contributed by atoms with Crippen LogP contribution in [0.4, 0.5) is 0 Å². The maximum atomic E-state index is 3.72. The van der Waals surface area contributed by atoms with E-state index in [1.807, 2.05) is 48.4 Å². The number of hydrogen-bond donors (Lipinski definition) is 0. The third kappa shape index (κ3) is 4.15. The summed E-state index contributed by atoms with van der Waals surface area (Å²) in [5, 5.41) is 0. The van der Waals surface area contributed by atoms with Crippen LogP contribution in [0.2, 0.25) is 0 Å². The van der Waals surface area contributed by atoms with E-state index in [1.165, 1.54) is 0 Å². The highest BCUT2D eigenvalue weighted by Crippen LogP contribution is 1.79. The molecule has 0 amide bonds. The minimum Gasteiger partial charge on any atom is -0.350 e. The van der Waals surface area contributed by atoms with Gasteiger partial charge in [0.05, 0.1) is 0 Å². The van der Waals surface area contributed by atoms with Gasteiger partial charge in [0.15, 0.2) is 0 Å². The summed E-state index contributed by atoms with van der Waals surface area (Å²) in [5.74, 6) is 1.89. The summed E-state index contributed by atoms with van der Waals surface area (Å²) < 4.78 is 0. The van der Waals surface area contributed by atoms with E-state index in [1.54, 1.807) is 13.6 Å². The van der Waals surface area contributed by atoms with Crippen LogP contribution in [-0.2, 0) is 0 Å². The van der Waals surface area contributed by atoms with Crippen molar-refractivity contribution in [3.63, 3.8) is 0 Å². The standard InChI is InChI=1S/C6H6.C3H3BN/c1-2-4-6-5-3-1;1-2-4-5-3-1/h1-6H;1-3H. The first-order chi connectivity index (χ1) is 5.50. The average Bonchev–Trinajstić information content (AvgIpc) is 2.64. The van der Waals surface area contributed by atoms with Gasteiger partial charge in [0.2, 0.25) is 0 Å². The molecule has 0 atom stereocenters. The molecule has 0 saturated heterocycles. The maximum absolute atomic E-state index is 3.72. The minimum absolute atomic E-state index is 1.75. The van der Waals surface area contributed by atoms with Gasteiger partial charge in [-0.25, -0.2) is 0 Å². The van der Waals surface area contributed by atoms with Crippen LogP contribution in [0.15, 0.2) is 53.4 Å². The Morgan fingerprint density at radius 2 is 1.36 bits per heavy atom. The molecule has 1 aliphatic rings. The van der Waals surface area contributed by atoms with Gasteiger partial charge >= 0.3 is 7.41 Å². The van der Waals surface area contributed by atoms with E-state index in [9.17, 15) is 0 Å². The number of allylic oxidation sites excluding steroid dienone is 1. The van der Waals surface area contributed by atoms with Crippen LogP contribution in [-0.4, -0.2) is 13.6 Å². The molecule has 1 radical (unpaired) electrons. The first-order valence-corrected chi connectivity index (χ1v) is 3.52. The fourth-order valence-corrected chi connectivity index (χ4v) is 0.633. The number of hydrogen-bond acceptors (Lipinski definition) is 1. The van der Waals surface area contributed by atoms with E-state index < -0.39 is 0 Å². The molecular weight excluding hydrogens is 133 g/mol. The van der Waals surface area contributed by atoms with Crippen LogP contribution in [0.1, 0.15) is 0 Å². The summed E-state index contributed by atoms with van der Waals surface area (Å²) in [4.78, 5) is 3.72. The Kier molecular flexibility index (Phi) is 3.88. The third-order valence-corrected chi connectivity index (χ3v) is 1.12. The predicted molar refractivity (Wildman–Crippen MR) is 49.8 cm³/mol. The molecule has 1 aromatic carbocycles. The largest absolute Gasteiger partial charge is 0.350 e. The SMILES string of the molecule is [B]1C=CC=N1.c1ccccc1. The molecule has 0 spiro atoms. The van der Waals surface area contributed by atoms with E-state index in [4.69, 9.17) is 0 Å². The first-order valence-electron chi connectivity index (χ1n) is 3.52. The maximum Gasteiger partial charge on any atom is 0.304 e. The van der Waals surface area contributed by atoms with Crippen molar-refractivity contribution < 1.29 is 0 Å². The summed E-state index contributed by atoms with van der Waals surface area (Å²) >= 11 is 0. The first kappa shape index (κ1) is 7.80. The summed E-state index contributed by atoms with van der Waals surface area (Å²) in [7, 11) is 1.75. The molecule has 0 N–H and O–H groups in total. The van der Waals surface area contributed by atoms with Crippen LogP contribution >= 0.6 is 0 Å². The van der Waals surface area contributed by atoms with Crippen molar-refractivity contribution in [1.82, 2.24) is 0 Å². The Balaban J connectivity index is 0.000000112. The third-order valence-electron chi connectivity index (χ3n) is 1.12. The van der Waals surface area contributed by atoms with E-state index in [2.05, 4.69) is 4.90 Å². The van der Waals surface area contributed by atoms with Crippen molar-refractivity contribution in [1.29, 1.82) is 0 Å². The lowest BCUT2D eigenvalue weighted by atomic mass is 10.00. The molecule has 0 bridgehead atoms. The molecule has 2 heteroatoms. The van der Waals surface area contributed by atoms with Crippen molar-refractivity contribution in [3.8, 4) is 0 Å². The smallest absolute Gasteiger partial charge is 0.304 e. The summed E-state index contributed by atoms with van der Waals surface area (Å²) in [6, 6.07) is 12.0. The molecule has 11 heavy (non-hydrogen) atoms. The van der Waals surface area contributed by atoms with Gasteiger partial charge in [-0.05, 0) is 0 Å². The van der Waals surface area contributed by atoms with Crippen LogP contribution < -0.4 is 0 Å². The summed E-state index contributed by atoms with van der Waals surface area (Å²) in [6.07, 6.45) is 3.64. The molecule has 1 nitrogen and oxygen atoms in total. The predicted octanol–water partition coefficient (Wildman–Crippen LogP) is 1.89. The van der Waals surface area contributed by atoms with Gasteiger partial charge in [0, 0.05) is 6.21 Å². The van der Waals surface area contributed by atoms with Gasteiger partial charge in [0.1, 0.15) is 0 Å². The monoisotopic (exact) mass is 142 g/mol. The van der Waals surface area contributed by atoms with Crippen LogP contribution in [0.3, 0.4) is 0 Å². The molecule has 0 aliphatic carbocycles. The fourth-order valence-electron chi connectivity index (χ4n) is 0.633. The second-order valence-electron chi connectivity index (χ2n) is 1.99. The Hall–Kier alpha value is -1.31. The van der Waals surface area contributed by atoms with Crippen LogP contribution in [0, 0.1) is 0 Å². The van der Waals surface area contributed by atoms with Crippen LogP contribution in [0.5, 0.6) is 0 Å². The molecule has 53 valence electrons. The molecule has 1 heterocycles. The van der Waals surface area contributed by atoms with Gasteiger partial charge in [-0.15, -0.1) is 0 Å². The number of benzene rings is 1. The molecule has 0 fully saturated rings. The topological polar surface area (TPSA) is 12.4 Å². The molecule has 2 rings (SSSR count). The Bertz CT molecular complexity index is 192. The van der Waals surface area contributed by atoms with Crippen molar-refractivity contribution in [2.24, 2.45) is 4.90 Å². The van der Waals surface area contributed by atoms with Gasteiger partial charge in [-0.2, -0.15) is 0 Å². The molecular formula is C9H9BN. The molecule has 0 unspecified atom stereocenters. The second-order valence-corrected chi connectivity index (χ2v) is 1.99. The van der Waals surface area contributed by atoms with E-state index >= 15 is 0 Å². The van der Waals surface area contributed by atoms with Crippen molar-refractivity contribution in [3.05, 3.63) is 48.4 Å². The lowest BCUT2D eigenvalue weighted by Crippen LogP contribution is -1.63. The molecule has 0 aromatic heterocycles. The quantitative estimate of drug-likeness (QED) is 0.490. The van der Waals surface area contributed by atoms with Crippen molar-refractivity contribution >= 4 is 13.6 Å². The Morgan fingerprint density at radius 3 is 1.55 bits per heavy atom. The molecule has 0 saturated carbocycles. The Labute approximate surface area is 67.7 Å². The van der Waals surface area contributed by atoms with Gasteiger partial charge in [0.25, 0.3) is 0 Å². The van der Waals surface area contributed by atoms with Crippen molar-refractivity contribution in [2.45, 2.75) is 0 Å². The number of nitrogens with zero attached hydrogens (tertiary/aromatic N) is 1. The minimum atomic E-state index is 1.75. The number of rotatable bonds is 0. The Morgan fingerprint density at radius 1 is 0.818 bits per heavy atom. The lowest BCUT2D eigenvalue weighted by Gasteiger charge is -1.69. The normalized spacial score (nSPS) is 11.6. The van der Waals surface area contributed by atoms with Gasteiger partial charge < -0.3 is 4.90 Å². The van der Waals surface area contributed by atoms with E-state index in [-0.39, 0.29) is 0 Å². The van der Waals surface area contributed by atoms with Gasteiger partial charge in [-0.1, -0.05) is 48.4 Å². The fraction of sp³-hybridized carbons (Fsp3) is 0. The van der Waals surface area contributed by atoms with Crippen molar-refractivity contribution in [2.75, 3.05) is 0 Å². The zero-order valence-corrected chi connectivity index (χ0v) is 6.22. The zero-order valence-electron chi connectivity index (χ0n) is 6.22. The van der Waals surface area contributed by atoms with E-state index in [0.29, 0.717) is 0 Å². The zero-order chi connectivity index (χ0) is 7.78. The lowest BCUT2D eigenvalue weighted by molar-refractivity contribution is 1.72. The van der Waals surface area contributed by atoms with Crippen LogP contribution in [0.25, 0.3) is 0 Å². The molecule has 1 aliphatic heterocycles. The summed E-state index contributed by atoms with van der Waals surface area (Å²) in [5.41, 5.74) is 0. The van der Waals surface area contributed by atoms with Gasteiger partial charge in [-0.3, -0.25) is 0 Å². The van der Waals surface area contributed by atoms with E-state index in [0.717, 1.165) is 0 Å². The average molecular weight is 142 g/mol. The second kappa shape index (κ2) is 5.48. The molecule has 1 aromatic rings.